The number of benzene rings is 1. The zero-order valence-electron chi connectivity index (χ0n) is 11.5. The Labute approximate surface area is 123 Å². The minimum Gasteiger partial charge on any atom is -0.322 e. The molecule has 1 fully saturated rings. The molecule has 0 bridgehead atoms. The lowest BCUT2D eigenvalue weighted by Crippen LogP contribution is -2.41. The Kier molecular flexibility index (Phi) is 5.34. The van der Waals surface area contributed by atoms with Gasteiger partial charge in [-0.2, -0.15) is 0 Å². The predicted molar refractivity (Wildman–Crippen MR) is 78.6 cm³/mol. The van der Waals surface area contributed by atoms with Gasteiger partial charge in [-0.3, -0.25) is 9.69 Å². The maximum absolute atomic E-state index is 13.6. The molecule has 1 aliphatic heterocycles. The van der Waals surface area contributed by atoms with E-state index in [1.807, 2.05) is 6.92 Å². The van der Waals surface area contributed by atoms with Crippen LogP contribution >= 0.6 is 11.6 Å². The van der Waals surface area contributed by atoms with E-state index < -0.39 is 5.82 Å². The standard InChI is InChI=1S/C14H19ClFN3O/c1-2-19(11-5-6-17-8-11)9-14(20)18-13-4-3-10(15)7-12(13)16/h3-4,7,11,17H,2,5-6,8-9H2,1H3,(H,18,20). The first-order chi connectivity index (χ1) is 9.60. The SMILES string of the molecule is CCN(CC(=O)Nc1ccc(Cl)cc1F)C1CCNC1. The monoisotopic (exact) mass is 299 g/mol. The molecule has 110 valence electrons. The van der Waals surface area contributed by atoms with Crippen LogP contribution in [0.25, 0.3) is 0 Å². The number of amides is 1. The molecular weight excluding hydrogens is 281 g/mol. The van der Waals surface area contributed by atoms with Gasteiger partial charge in [0.15, 0.2) is 0 Å². The smallest absolute Gasteiger partial charge is 0.238 e. The molecule has 1 heterocycles. The summed E-state index contributed by atoms with van der Waals surface area (Å²) in [6, 6.07) is 4.60. The number of hydrogen-bond donors (Lipinski definition) is 2. The summed E-state index contributed by atoms with van der Waals surface area (Å²) in [6.45, 7) is 4.97. The Morgan fingerprint density at radius 2 is 2.40 bits per heavy atom. The molecule has 0 radical (unpaired) electrons. The van der Waals surface area contributed by atoms with Crippen molar-refractivity contribution in [1.29, 1.82) is 0 Å². The highest BCUT2D eigenvalue weighted by Gasteiger charge is 2.23. The average molecular weight is 300 g/mol. The number of anilines is 1. The number of carbonyl (C=O) groups excluding carboxylic acids is 1. The van der Waals surface area contributed by atoms with Crippen molar-refractivity contribution in [2.24, 2.45) is 0 Å². The number of nitrogens with one attached hydrogen (secondary N) is 2. The summed E-state index contributed by atoms with van der Waals surface area (Å²) in [7, 11) is 0. The second-order valence-corrected chi connectivity index (χ2v) is 5.32. The predicted octanol–water partition coefficient (Wildman–Crippen LogP) is 2.10. The molecule has 1 amide bonds. The molecule has 0 aromatic heterocycles. The lowest BCUT2D eigenvalue weighted by molar-refractivity contribution is -0.117. The Bertz CT molecular complexity index is 477. The van der Waals surface area contributed by atoms with Crippen LogP contribution in [-0.4, -0.2) is 43.0 Å². The first-order valence-corrected chi connectivity index (χ1v) is 7.17. The molecule has 20 heavy (non-hydrogen) atoms. The van der Waals surface area contributed by atoms with E-state index in [0.29, 0.717) is 11.1 Å². The minimum absolute atomic E-state index is 0.167. The molecule has 1 aromatic carbocycles. The Morgan fingerprint density at radius 1 is 1.60 bits per heavy atom. The highest BCUT2D eigenvalue weighted by molar-refractivity contribution is 6.30. The van der Waals surface area contributed by atoms with E-state index in [0.717, 1.165) is 26.1 Å². The number of nitrogens with zero attached hydrogens (tertiary/aromatic N) is 1. The fourth-order valence-electron chi connectivity index (χ4n) is 2.42. The van der Waals surface area contributed by atoms with Gasteiger partial charge in [-0.25, -0.2) is 4.39 Å². The van der Waals surface area contributed by atoms with Crippen molar-refractivity contribution in [3.8, 4) is 0 Å². The van der Waals surface area contributed by atoms with Crippen molar-refractivity contribution in [3.63, 3.8) is 0 Å². The minimum atomic E-state index is -0.517. The molecule has 1 atom stereocenters. The third-order valence-corrected chi connectivity index (χ3v) is 3.74. The van der Waals surface area contributed by atoms with Gasteiger partial charge in [-0.05, 0) is 37.7 Å². The maximum Gasteiger partial charge on any atom is 0.238 e. The first-order valence-electron chi connectivity index (χ1n) is 6.80. The molecule has 1 aromatic rings. The Morgan fingerprint density at radius 3 is 3.00 bits per heavy atom. The molecule has 4 nitrogen and oxygen atoms in total. The summed E-state index contributed by atoms with van der Waals surface area (Å²) >= 11 is 5.68. The molecule has 1 unspecified atom stereocenters. The van der Waals surface area contributed by atoms with Crippen LogP contribution in [0.5, 0.6) is 0 Å². The lowest BCUT2D eigenvalue weighted by Gasteiger charge is -2.26. The van der Waals surface area contributed by atoms with E-state index in [4.69, 9.17) is 11.6 Å². The quantitative estimate of drug-likeness (QED) is 0.875. The van der Waals surface area contributed by atoms with E-state index in [2.05, 4.69) is 15.5 Å². The molecule has 1 saturated heterocycles. The molecular formula is C14H19ClFN3O. The van der Waals surface area contributed by atoms with Crippen LogP contribution in [0.4, 0.5) is 10.1 Å². The van der Waals surface area contributed by atoms with Crippen LogP contribution in [0.3, 0.4) is 0 Å². The highest BCUT2D eigenvalue weighted by Crippen LogP contribution is 2.19. The van der Waals surface area contributed by atoms with Gasteiger partial charge in [-0.15, -0.1) is 0 Å². The fourth-order valence-corrected chi connectivity index (χ4v) is 2.57. The van der Waals surface area contributed by atoms with Gasteiger partial charge in [0.2, 0.25) is 5.91 Å². The highest BCUT2D eigenvalue weighted by atomic mass is 35.5. The topological polar surface area (TPSA) is 44.4 Å². The number of rotatable bonds is 5. The third kappa shape index (κ3) is 3.91. The van der Waals surface area contributed by atoms with E-state index in [9.17, 15) is 9.18 Å². The summed E-state index contributed by atoms with van der Waals surface area (Å²) in [6.07, 6.45) is 1.04. The summed E-state index contributed by atoms with van der Waals surface area (Å²) in [5.41, 5.74) is 0.167. The van der Waals surface area contributed by atoms with Gasteiger partial charge in [0, 0.05) is 17.6 Å². The van der Waals surface area contributed by atoms with Crippen molar-refractivity contribution in [1.82, 2.24) is 10.2 Å². The molecule has 2 rings (SSSR count). The average Bonchev–Trinajstić information content (AvgIpc) is 2.93. The van der Waals surface area contributed by atoms with Crippen molar-refractivity contribution in [3.05, 3.63) is 29.0 Å². The summed E-state index contributed by atoms with van der Waals surface area (Å²) in [4.78, 5) is 14.1. The van der Waals surface area contributed by atoms with Crippen molar-refractivity contribution < 1.29 is 9.18 Å². The molecule has 6 heteroatoms. The van der Waals surface area contributed by atoms with Crippen LogP contribution in [0.2, 0.25) is 5.02 Å². The number of likely N-dealkylation sites (N-methyl/N-ethyl adjacent to an activating group) is 1. The lowest BCUT2D eigenvalue weighted by atomic mass is 10.2. The zero-order valence-corrected chi connectivity index (χ0v) is 12.2. The van der Waals surface area contributed by atoms with Crippen LogP contribution < -0.4 is 10.6 Å². The van der Waals surface area contributed by atoms with Crippen LogP contribution in [-0.2, 0) is 4.79 Å². The van der Waals surface area contributed by atoms with Crippen LogP contribution in [0.1, 0.15) is 13.3 Å². The second-order valence-electron chi connectivity index (χ2n) is 4.88. The van der Waals surface area contributed by atoms with Gasteiger partial charge in [0.05, 0.1) is 12.2 Å². The van der Waals surface area contributed by atoms with Crippen molar-refractivity contribution in [2.75, 3.05) is 31.5 Å². The van der Waals surface area contributed by atoms with Crippen LogP contribution in [0, 0.1) is 5.82 Å². The van der Waals surface area contributed by atoms with Crippen molar-refractivity contribution in [2.45, 2.75) is 19.4 Å². The van der Waals surface area contributed by atoms with Gasteiger partial charge >= 0.3 is 0 Å². The van der Waals surface area contributed by atoms with Gasteiger partial charge in [0.1, 0.15) is 5.82 Å². The van der Waals surface area contributed by atoms with Crippen LogP contribution in [0.15, 0.2) is 18.2 Å². The maximum atomic E-state index is 13.6. The van der Waals surface area contributed by atoms with Gasteiger partial charge in [0.25, 0.3) is 0 Å². The molecule has 0 saturated carbocycles. The third-order valence-electron chi connectivity index (χ3n) is 3.51. The molecule has 0 spiro atoms. The van der Waals surface area contributed by atoms with E-state index in [1.165, 1.54) is 12.1 Å². The van der Waals surface area contributed by atoms with E-state index in [1.54, 1.807) is 6.07 Å². The molecule has 0 aliphatic carbocycles. The van der Waals surface area contributed by atoms with Gasteiger partial charge < -0.3 is 10.6 Å². The Hall–Kier alpha value is -1.17. The molecule has 1 aliphatic rings. The largest absolute Gasteiger partial charge is 0.322 e. The summed E-state index contributed by atoms with van der Waals surface area (Å²) < 4.78 is 13.6. The second kappa shape index (κ2) is 7.02. The molecule has 2 N–H and O–H groups in total. The first kappa shape index (κ1) is 15.2. The number of hydrogen-bond acceptors (Lipinski definition) is 3. The van der Waals surface area contributed by atoms with E-state index >= 15 is 0 Å². The normalized spacial score (nSPS) is 18.5. The van der Waals surface area contributed by atoms with Gasteiger partial charge in [-0.1, -0.05) is 18.5 Å². The number of halogens is 2. The van der Waals surface area contributed by atoms with Crippen molar-refractivity contribution >= 4 is 23.2 Å². The zero-order chi connectivity index (χ0) is 14.5. The van der Waals surface area contributed by atoms with E-state index in [-0.39, 0.29) is 18.1 Å². The summed E-state index contributed by atoms with van der Waals surface area (Å²) in [5, 5.41) is 6.18. The summed E-state index contributed by atoms with van der Waals surface area (Å²) in [5.74, 6) is -0.726. The number of carbonyl (C=O) groups is 1. The fraction of sp³-hybridized carbons (Fsp3) is 0.500. The Balaban J connectivity index is 1.93.